The molecule has 1 aliphatic carbocycles. The van der Waals surface area contributed by atoms with Gasteiger partial charge in [-0.3, -0.25) is 4.98 Å². The van der Waals surface area contributed by atoms with Crippen LogP contribution >= 0.6 is 23.2 Å². The second kappa shape index (κ2) is 7.29. The highest BCUT2D eigenvalue weighted by atomic mass is 35.5. The Morgan fingerprint density at radius 3 is 2.82 bits per heavy atom. The standard InChI is InChI=1S/C21H20Cl2N4O/c1-11-15(9-25)19(14-6-5-13(22)7-16(14)23)20-17(26-11)10-27(21(20)28)18-4-2-3-12(18)8-24/h5-7,10,12,18,28H,2-4,9,25H2,1H3/t12-,18-/m0/s1. The molecule has 0 saturated heterocycles. The van der Waals surface area contributed by atoms with Crippen LogP contribution in [0.2, 0.25) is 10.0 Å². The van der Waals surface area contributed by atoms with E-state index in [4.69, 9.17) is 28.9 Å². The fourth-order valence-corrected chi connectivity index (χ4v) is 4.82. The number of pyridine rings is 1. The van der Waals surface area contributed by atoms with Crippen LogP contribution in [-0.4, -0.2) is 14.7 Å². The van der Waals surface area contributed by atoms with Gasteiger partial charge in [-0.2, -0.15) is 5.26 Å². The smallest absolute Gasteiger partial charge is 0.201 e. The van der Waals surface area contributed by atoms with E-state index < -0.39 is 0 Å². The molecule has 0 bridgehead atoms. The number of fused-ring (bicyclic) bond motifs is 1. The summed E-state index contributed by atoms with van der Waals surface area (Å²) >= 11 is 12.6. The van der Waals surface area contributed by atoms with Crippen LogP contribution < -0.4 is 5.73 Å². The number of rotatable bonds is 3. The lowest BCUT2D eigenvalue weighted by atomic mass is 9.95. The van der Waals surface area contributed by atoms with Gasteiger partial charge in [-0.15, -0.1) is 0 Å². The molecule has 144 valence electrons. The number of aromatic nitrogens is 2. The summed E-state index contributed by atoms with van der Waals surface area (Å²) < 4.78 is 1.80. The molecule has 0 unspecified atom stereocenters. The van der Waals surface area contributed by atoms with Crippen molar-refractivity contribution in [2.75, 3.05) is 0 Å². The molecule has 0 spiro atoms. The molecule has 1 fully saturated rings. The van der Waals surface area contributed by atoms with Crippen molar-refractivity contribution < 1.29 is 5.11 Å². The monoisotopic (exact) mass is 414 g/mol. The summed E-state index contributed by atoms with van der Waals surface area (Å²) in [4.78, 5) is 4.67. The Labute approximate surface area is 173 Å². The van der Waals surface area contributed by atoms with E-state index >= 15 is 0 Å². The Hall–Kier alpha value is -2.26. The van der Waals surface area contributed by atoms with E-state index in [9.17, 15) is 10.4 Å². The first kappa shape index (κ1) is 19.1. The predicted octanol–water partition coefficient (Wildman–Crippen LogP) is 5.35. The van der Waals surface area contributed by atoms with Crippen molar-refractivity contribution >= 4 is 34.1 Å². The molecular formula is C21H20Cl2N4O. The highest BCUT2D eigenvalue weighted by Gasteiger charge is 2.32. The van der Waals surface area contributed by atoms with Gasteiger partial charge in [0.25, 0.3) is 0 Å². The number of hydrogen-bond acceptors (Lipinski definition) is 4. The summed E-state index contributed by atoms with van der Waals surface area (Å²) in [5.41, 5.74) is 9.84. The minimum Gasteiger partial charge on any atom is -0.494 e. The van der Waals surface area contributed by atoms with Crippen LogP contribution in [-0.2, 0) is 6.54 Å². The van der Waals surface area contributed by atoms with Gasteiger partial charge >= 0.3 is 0 Å². The molecule has 1 aliphatic rings. The number of nitrogens with two attached hydrogens (primary N) is 1. The molecule has 2 heterocycles. The van der Waals surface area contributed by atoms with Gasteiger partial charge in [-0.05, 0) is 43.9 Å². The zero-order chi connectivity index (χ0) is 20.0. The Morgan fingerprint density at radius 2 is 2.14 bits per heavy atom. The van der Waals surface area contributed by atoms with Crippen molar-refractivity contribution in [1.29, 1.82) is 5.26 Å². The molecule has 2 atom stereocenters. The van der Waals surface area contributed by atoms with E-state index in [-0.39, 0.29) is 24.4 Å². The number of halogens is 2. The lowest BCUT2D eigenvalue weighted by molar-refractivity contribution is 0.364. The maximum Gasteiger partial charge on any atom is 0.201 e. The van der Waals surface area contributed by atoms with Gasteiger partial charge in [0.05, 0.1) is 28.9 Å². The zero-order valence-electron chi connectivity index (χ0n) is 15.4. The third-order valence-electron chi connectivity index (χ3n) is 5.67. The zero-order valence-corrected chi connectivity index (χ0v) is 16.9. The summed E-state index contributed by atoms with van der Waals surface area (Å²) in [5, 5.41) is 22.3. The van der Waals surface area contributed by atoms with E-state index in [1.807, 2.05) is 19.2 Å². The Morgan fingerprint density at radius 1 is 1.36 bits per heavy atom. The van der Waals surface area contributed by atoms with Gasteiger partial charge in [-0.1, -0.05) is 29.3 Å². The number of aromatic hydroxyl groups is 1. The summed E-state index contributed by atoms with van der Waals surface area (Å²) in [5.74, 6) is -0.0178. The molecule has 2 aromatic heterocycles. The summed E-state index contributed by atoms with van der Waals surface area (Å²) in [6.07, 6.45) is 4.50. The number of nitriles is 1. The topological polar surface area (TPSA) is 87.9 Å². The predicted molar refractivity (Wildman–Crippen MR) is 111 cm³/mol. The Kier molecular flexibility index (Phi) is 4.96. The van der Waals surface area contributed by atoms with Crippen LogP contribution in [0.25, 0.3) is 22.0 Å². The van der Waals surface area contributed by atoms with E-state index in [2.05, 4.69) is 11.1 Å². The average Bonchev–Trinajstić information content (AvgIpc) is 3.25. The van der Waals surface area contributed by atoms with Crippen LogP contribution in [0.3, 0.4) is 0 Å². The van der Waals surface area contributed by atoms with Crippen LogP contribution in [0.1, 0.15) is 36.6 Å². The van der Waals surface area contributed by atoms with Gasteiger partial charge in [0.1, 0.15) is 0 Å². The fraction of sp³-hybridized carbons (Fsp3) is 0.333. The lowest BCUT2D eigenvalue weighted by Gasteiger charge is -2.17. The molecule has 7 heteroatoms. The second-order valence-corrected chi connectivity index (χ2v) is 8.08. The quantitative estimate of drug-likeness (QED) is 0.604. The number of aryl methyl sites for hydroxylation is 1. The van der Waals surface area contributed by atoms with Crippen molar-refractivity contribution in [1.82, 2.24) is 9.55 Å². The second-order valence-electron chi connectivity index (χ2n) is 7.23. The van der Waals surface area contributed by atoms with Gasteiger partial charge < -0.3 is 15.4 Å². The lowest BCUT2D eigenvalue weighted by Crippen LogP contribution is -2.11. The van der Waals surface area contributed by atoms with E-state index in [1.54, 1.807) is 16.7 Å². The fourth-order valence-electron chi connectivity index (χ4n) is 4.32. The van der Waals surface area contributed by atoms with Crippen molar-refractivity contribution in [3.8, 4) is 23.1 Å². The van der Waals surface area contributed by atoms with Crippen LogP contribution in [0.5, 0.6) is 5.88 Å². The van der Waals surface area contributed by atoms with E-state index in [0.29, 0.717) is 20.9 Å². The molecule has 1 aromatic carbocycles. The maximum atomic E-state index is 11.2. The molecule has 4 rings (SSSR count). The van der Waals surface area contributed by atoms with Gasteiger partial charge in [0.15, 0.2) is 0 Å². The van der Waals surface area contributed by atoms with E-state index in [1.165, 1.54) is 0 Å². The number of nitrogens with zero attached hydrogens (tertiary/aromatic N) is 3. The van der Waals surface area contributed by atoms with Crippen LogP contribution in [0.15, 0.2) is 24.4 Å². The first-order valence-electron chi connectivity index (χ1n) is 9.24. The molecule has 3 N–H and O–H groups in total. The largest absolute Gasteiger partial charge is 0.494 e. The third kappa shape index (κ3) is 2.93. The molecule has 28 heavy (non-hydrogen) atoms. The third-order valence-corrected chi connectivity index (χ3v) is 6.22. The molecular weight excluding hydrogens is 395 g/mol. The van der Waals surface area contributed by atoms with Crippen molar-refractivity contribution in [3.63, 3.8) is 0 Å². The highest BCUT2D eigenvalue weighted by molar-refractivity contribution is 6.36. The highest BCUT2D eigenvalue weighted by Crippen LogP contribution is 2.45. The van der Waals surface area contributed by atoms with Crippen molar-refractivity contribution in [3.05, 3.63) is 45.7 Å². The Bertz CT molecular complexity index is 1120. The van der Waals surface area contributed by atoms with Gasteiger partial charge in [-0.25, -0.2) is 0 Å². The molecule has 5 nitrogen and oxygen atoms in total. The molecule has 0 aliphatic heterocycles. The molecule has 0 amide bonds. The molecule has 0 radical (unpaired) electrons. The SMILES string of the molecule is Cc1nc2cn([C@H]3CCC[C@H]3C#N)c(O)c2c(-c2ccc(Cl)cc2Cl)c1CN. The molecule has 1 saturated carbocycles. The first-order chi connectivity index (χ1) is 13.5. The first-order valence-corrected chi connectivity index (χ1v) is 10.00. The normalized spacial score (nSPS) is 19.2. The average molecular weight is 415 g/mol. The minimum absolute atomic E-state index is 0.0608. The van der Waals surface area contributed by atoms with Crippen LogP contribution in [0.4, 0.5) is 0 Å². The number of benzene rings is 1. The summed E-state index contributed by atoms with van der Waals surface area (Å²) in [7, 11) is 0. The Balaban J connectivity index is 2.04. The van der Waals surface area contributed by atoms with Crippen molar-refractivity contribution in [2.24, 2.45) is 11.7 Å². The summed E-state index contributed by atoms with van der Waals surface area (Å²) in [6, 6.07) is 7.59. The van der Waals surface area contributed by atoms with Gasteiger partial charge in [0, 0.05) is 39.6 Å². The van der Waals surface area contributed by atoms with Crippen molar-refractivity contribution in [2.45, 2.75) is 38.8 Å². The van der Waals surface area contributed by atoms with E-state index in [0.717, 1.165) is 41.6 Å². The minimum atomic E-state index is -0.120. The summed E-state index contributed by atoms with van der Waals surface area (Å²) in [6.45, 7) is 2.16. The molecule has 3 aromatic rings. The van der Waals surface area contributed by atoms with Crippen LogP contribution in [0, 0.1) is 24.2 Å². The van der Waals surface area contributed by atoms with Gasteiger partial charge in [0.2, 0.25) is 5.88 Å². The number of hydrogen-bond donors (Lipinski definition) is 2. The maximum absolute atomic E-state index is 11.2.